The van der Waals surface area contributed by atoms with E-state index >= 15 is 0 Å². The number of nitrogens with one attached hydrogen (secondary N) is 1. The van der Waals surface area contributed by atoms with E-state index in [1.807, 2.05) is 24.6 Å². The van der Waals surface area contributed by atoms with E-state index in [0.717, 1.165) is 37.0 Å². The van der Waals surface area contributed by atoms with Gasteiger partial charge in [-0.3, -0.25) is 4.90 Å². The summed E-state index contributed by atoms with van der Waals surface area (Å²) in [5, 5.41) is 11.4. The lowest BCUT2D eigenvalue weighted by Crippen LogP contribution is -2.29. The number of aromatic nitrogens is 3. The van der Waals surface area contributed by atoms with Crippen LogP contribution in [-0.4, -0.2) is 45.9 Å². The maximum Gasteiger partial charge on any atom is 0.224 e. The minimum atomic E-state index is 0.691. The van der Waals surface area contributed by atoms with Crippen molar-refractivity contribution in [2.75, 3.05) is 31.6 Å². The fourth-order valence-corrected chi connectivity index (χ4v) is 3.13. The molecule has 1 aliphatic heterocycles. The molecule has 25 heavy (non-hydrogen) atoms. The zero-order valence-corrected chi connectivity index (χ0v) is 15.4. The van der Waals surface area contributed by atoms with Gasteiger partial charge in [-0.25, -0.2) is 0 Å². The van der Waals surface area contributed by atoms with Crippen LogP contribution in [0.4, 0.5) is 5.95 Å². The van der Waals surface area contributed by atoms with Crippen LogP contribution in [0.5, 0.6) is 5.75 Å². The van der Waals surface area contributed by atoms with Crippen LogP contribution in [0, 0.1) is 6.92 Å². The van der Waals surface area contributed by atoms with E-state index in [9.17, 15) is 0 Å². The highest BCUT2D eigenvalue weighted by Crippen LogP contribution is 2.17. The number of aryl methyl sites for hydroxylation is 1. The maximum atomic E-state index is 5.91. The maximum absolute atomic E-state index is 5.91. The van der Waals surface area contributed by atoms with Crippen LogP contribution in [-0.2, 0) is 13.6 Å². The standard InChI is InChI=1S/C19H29N5O/c1-16-21-22-19(23(16)2)20-10-7-13-25-18-9-6-8-17(14-18)15-24-11-4-3-5-12-24/h6,8-9,14H,3-5,7,10-13,15H2,1-2H3,(H,20,22). The van der Waals surface area contributed by atoms with Gasteiger partial charge in [0.15, 0.2) is 0 Å². The molecule has 136 valence electrons. The third-order valence-electron chi connectivity index (χ3n) is 4.72. The predicted molar refractivity (Wildman–Crippen MR) is 99.9 cm³/mol. The van der Waals surface area contributed by atoms with Gasteiger partial charge in [-0.05, 0) is 57.0 Å². The quantitative estimate of drug-likeness (QED) is 0.747. The Morgan fingerprint density at radius 2 is 2.00 bits per heavy atom. The van der Waals surface area contributed by atoms with Crippen LogP contribution in [0.25, 0.3) is 0 Å². The second-order valence-corrected chi connectivity index (χ2v) is 6.74. The number of piperidine rings is 1. The van der Waals surface area contributed by atoms with Crippen LogP contribution in [0.2, 0.25) is 0 Å². The summed E-state index contributed by atoms with van der Waals surface area (Å²) in [5.41, 5.74) is 1.34. The van der Waals surface area contributed by atoms with Crippen molar-refractivity contribution in [2.45, 2.75) is 39.2 Å². The summed E-state index contributed by atoms with van der Waals surface area (Å²) in [6.07, 6.45) is 4.95. The molecule has 6 nitrogen and oxygen atoms in total. The molecule has 1 aromatic carbocycles. The van der Waals surface area contributed by atoms with E-state index in [1.165, 1.54) is 37.9 Å². The van der Waals surface area contributed by atoms with Crippen molar-refractivity contribution >= 4 is 5.95 Å². The fourth-order valence-electron chi connectivity index (χ4n) is 3.13. The summed E-state index contributed by atoms with van der Waals surface area (Å²) in [7, 11) is 1.96. The molecule has 0 radical (unpaired) electrons. The van der Waals surface area contributed by atoms with Gasteiger partial charge in [-0.15, -0.1) is 10.2 Å². The van der Waals surface area contributed by atoms with Crippen LogP contribution in [0.15, 0.2) is 24.3 Å². The Labute approximate surface area is 150 Å². The van der Waals surface area contributed by atoms with Gasteiger partial charge >= 0.3 is 0 Å². The molecule has 1 saturated heterocycles. The number of hydrogen-bond acceptors (Lipinski definition) is 5. The normalized spacial score (nSPS) is 15.3. The lowest BCUT2D eigenvalue weighted by atomic mass is 10.1. The van der Waals surface area contributed by atoms with Gasteiger partial charge in [-0.1, -0.05) is 18.6 Å². The first-order chi connectivity index (χ1) is 12.2. The Balaban J connectivity index is 1.39. The summed E-state index contributed by atoms with van der Waals surface area (Å²) in [6.45, 7) is 6.93. The first-order valence-corrected chi connectivity index (χ1v) is 9.26. The van der Waals surface area contributed by atoms with Gasteiger partial charge < -0.3 is 14.6 Å². The lowest BCUT2D eigenvalue weighted by molar-refractivity contribution is 0.220. The van der Waals surface area contributed by atoms with Gasteiger partial charge in [0.2, 0.25) is 5.95 Å². The van der Waals surface area contributed by atoms with Gasteiger partial charge in [0, 0.05) is 20.1 Å². The highest BCUT2D eigenvalue weighted by atomic mass is 16.5. The smallest absolute Gasteiger partial charge is 0.224 e. The first-order valence-electron chi connectivity index (χ1n) is 9.26. The molecule has 1 N–H and O–H groups in total. The summed E-state index contributed by atoms with van der Waals surface area (Å²) in [6, 6.07) is 8.50. The largest absolute Gasteiger partial charge is 0.494 e. The van der Waals surface area contributed by atoms with Crippen molar-refractivity contribution in [1.29, 1.82) is 0 Å². The molecule has 0 bridgehead atoms. The zero-order chi connectivity index (χ0) is 17.5. The van der Waals surface area contributed by atoms with Crippen molar-refractivity contribution in [3.8, 4) is 5.75 Å². The third-order valence-corrected chi connectivity index (χ3v) is 4.72. The Bertz CT molecular complexity index is 664. The number of likely N-dealkylation sites (tertiary alicyclic amines) is 1. The Hall–Kier alpha value is -2.08. The minimum absolute atomic E-state index is 0.691. The Morgan fingerprint density at radius 3 is 2.76 bits per heavy atom. The summed E-state index contributed by atoms with van der Waals surface area (Å²) in [5.74, 6) is 2.68. The lowest BCUT2D eigenvalue weighted by Gasteiger charge is -2.26. The SMILES string of the molecule is Cc1nnc(NCCCOc2cccc(CN3CCCCC3)c2)n1C. The Kier molecular flexibility index (Phi) is 6.28. The molecule has 1 aliphatic rings. The van der Waals surface area contributed by atoms with Crippen LogP contribution < -0.4 is 10.1 Å². The molecule has 0 amide bonds. The van der Waals surface area contributed by atoms with Crippen molar-refractivity contribution in [2.24, 2.45) is 7.05 Å². The second-order valence-electron chi connectivity index (χ2n) is 6.74. The van der Waals surface area contributed by atoms with Crippen molar-refractivity contribution in [3.63, 3.8) is 0 Å². The van der Waals surface area contributed by atoms with Gasteiger partial charge in [0.05, 0.1) is 6.61 Å². The monoisotopic (exact) mass is 343 g/mol. The predicted octanol–water partition coefficient (Wildman–Crippen LogP) is 2.99. The van der Waals surface area contributed by atoms with E-state index in [4.69, 9.17) is 4.74 Å². The van der Waals surface area contributed by atoms with Gasteiger partial charge in [-0.2, -0.15) is 0 Å². The molecule has 6 heteroatoms. The molecule has 0 spiro atoms. The van der Waals surface area contributed by atoms with E-state index in [0.29, 0.717) is 6.61 Å². The molecule has 0 atom stereocenters. The van der Waals surface area contributed by atoms with Crippen LogP contribution >= 0.6 is 0 Å². The number of rotatable bonds is 8. The number of ether oxygens (including phenoxy) is 1. The van der Waals surface area contributed by atoms with E-state index < -0.39 is 0 Å². The summed E-state index contributed by atoms with van der Waals surface area (Å²) in [4.78, 5) is 2.54. The minimum Gasteiger partial charge on any atom is -0.494 e. The molecule has 3 rings (SSSR count). The molecule has 0 saturated carbocycles. The molecular formula is C19H29N5O. The third kappa shape index (κ3) is 5.19. The molecule has 1 fully saturated rings. The first kappa shape index (κ1) is 17.7. The van der Waals surface area contributed by atoms with Crippen molar-refractivity contribution in [1.82, 2.24) is 19.7 Å². The molecule has 0 unspecified atom stereocenters. The molecule has 2 aromatic rings. The molecule has 1 aromatic heterocycles. The van der Waals surface area contributed by atoms with Crippen LogP contribution in [0.1, 0.15) is 37.1 Å². The van der Waals surface area contributed by atoms with E-state index in [2.05, 4.69) is 38.6 Å². The van der Waals surface area contributed by atoms with E-state index in [-0.39, 0.29) is 0 Å². The topological polar surface area (TPSA) is 55.2 Å². The highest BCUT2D eigenvalue weighted by molar-refractivity contribution is 5.28. The fraction of sp³-hybridized carbons (Fsp3) is 0.579. The van der Waals surface area contributed by atoms with E-state index in [1.54, 1.807) is 0 Å². The number of nitrogens with zero attached hydrogens (tertiary/aromatic N) is 4. The van der Waals surface area contributed by atoms with Gasteiger partial charge in [0.25, 0.3) is 0 Å². The highest BCUT2D eigenvalue weighted by Gasteiger charge is 2.10. The van der Waals surface area contributed by atoms with Crippen LogP contribution in [0.3, 0.4) is 0 Å². The number of anilines is 1. The molecular weight excluding hydrogens is 314 g/mol. The second kappa shape index (κ2) is 8.85. The molecule has 2 heterocycles. The number of benzene rings is 1. The summed E-state index contributed by atoms with van der Waals surface area (Å²) >= 11 is 0. The van der Waals surface area contributed by atoms with Crippen molar-refractivity contribution < 1.29 is 4.74 Å². The molecule has 0 aliphatic carbocycles. The van der Waals surface area contributed by atoms with Gasteiger partial charge in [0.1, 0.15) is 11.6 Å². The zero-order valence-electron chi connectivity index (χ0n) is 15.4. The average Bonchev–Trinajstić information content (AvgIpc) is 2.95. The summed E-state index contributed by atoms with van der Waals surface area (Å²) < 4.78 is 7.86. The van der Waals surface area contributed by atoms with Crippen molar-refractivity contribution in [3.05, 3.63) is 35.7 Å². The number of hydrogen-bond donors (Lipinski definition) is 1. The average molecular weight is 343 g/mol. The Morgan fingerprint density at radius 1 is 1.16 bits per heavy atom.